The lowest BCUT2D eigenvalue weighted by Crippen LogP contribution is -2.04. The van der Waals surface area contributed by atoms with Crippen LogP contribution in [0.15, 0.2) is 18.2 Å². The first kappa shape index (κ1) is 16.2. The summed E-state index contributed by atoms with van der Waals surface area (Å²) in [4.78, 5) is 4.09. The molecule has 0 saturated carbocycles. The second-order valence-corrected chi connectivity index (χ2v) is 4.90. The Morgan fingerprint density at radius 3 is 2.17 bits per heavy atom. The lowest BCUT2D eigenvalue weighted by molar-refractivity contribution is 0.268. The van der Waals surface area contributed by atoms with Crippen molar-refractivity contribution in [2.75, 3.05) is 0 Å². The van der Waals surface area contributed by atoms with Gasteiger partial charge in [0.05, 0.1) is 11.0 Å². The Morgan fingerprint density at radius 1 is 1.00 bits per heavy atom. The molecule has 0 amide bonds. The van der Waals surface area contributed by atoms with Crippen molar-refractivity contribution in [1.82, 2.24) is 9.55 Å². The third-order valence-electron chi connectivity index (χ3n) is 3.48. The van der Waals surface area contributed by atoms with Crippen LogP contribution in [0.4, 0.5) is 22.0 Å². The summed E-state index contributed by atoms with van der Waals surface area (Å²) in [6.45, 7) is -0.334. The number of benzene rings is 2. The van der Waals surface area contributed by atoms with Crippen molar-refractivity contribution in [3.63, 3.8) is 0 Å². The van der Waals surface area contributed by atoms with Crippen LogP contribution in [0.3, 0.4) is 0 Å². The van der Waals surface area contributed by atoms with Crippen LogP contribution in [0.2, 0.25) is 0 Å². The zero-order valence-electron chi connectivity index (χ0n) is 12.1. The van der Waals surface area contributed by atoms with Crippen molar-refractivity contribution in [2.24, 2.45) is 7.05 Å². The Kier molecular flexibility index (Phi) is 3.88. The number of aliphatic hydroxyl groups excluding tert-OH is 1. The van der Waals surface area contributed by atoms with Crippen molar-refractivity contribution in [3.8, 4) is 11.5 Å². The van der Waals surface area contributed by atoms with Gasteiger partial charge in [0.25, 0.3) is 0 Å². The maximum absolute atomic E-state index is 13.6. The van der Waals surface area contributed by atoms with Gasteiger partial charge in [-0.1, -0.05) is 0 Å². The van der Waals surface area contributed by atoms with Gasteiger partial charge < -0.3 is 14.4 Å². The molecular weight excluding hydrogens is 335 g/mol. The van der Waals surface area contributed by atoms with E-state index in [1.54, 1.807) is 7.05 Å². The molecule has 3 rings (SSSR count). The third-order valence-corrected chi connectivity index (χ3v) is 3.48. The maximum Gasteiger partial charge on any atom is 0.207 e. The molecule has 0 fully saturated rings. The summed E-state index contributed by atoms with van der Waals surface area (Å²) in [5.74, 6) is -11.8. The molecule has 0 saturated heterocycles. The molecule has 1 heterocycles. The quantitative estimate of drug-likeness (QED) is 0.449. The first-order chi connectivity index (χ1) is 11.3. The Labute approximate surface area is 131 Å². The van der Waals surface area contributed by atoms with Crippen LogP contribution in [0.25, 0.3) is 11.0 Å². The van der Waals surface area contributed by atoms with E-state index in [0.717, 1.165) is 0 Å². The first-order valence-corrected chi connectivity index (χ1v) is 6.60. The molecule has 0 aliphatic rings. The number of halogens is 5. The van der Waals surface area contributed by atoms with E-state index >= 15 is 0 Å². The Bertz CT molecular complexity index is 926. The molecule has 1 N–H and O–H groups in total. The predicted molar refractivity (Wildman–Crippen MR) is 72.9 cm³/mol. The predicted octanol–water partition coefficient (Wildman–Crippen LogP) is 3.55. The average molecular weight is 344 g/mol. The minimum atomic E-state index is -2.26. The number of aromatic nitrogens is 2. The van der Waals surface area contributed by atoms with E-state index in [1.165, 1.54) is 22.8 Å². The van der Waals surface area contributed by atoms with E-state index in [0.29, 0.717) is 16.9 Å². The van der Waals surface area contributed by atoms with Gasteiger partial charge in [-0.3, -0.25) is 0 Å². The molecule has 4 nitrogen and oxygen atoms in total. The highest BCUT2D eigenvalue weighted by molar-refractivity contribution is 5.77. The van der Waals surface area contributed by atoms with E-state index < -0.39 is 34.8 Å². The Balaban J connectivity index is 2.09. The minimum Gasteiger partial charge on any atom is -0.451 e. The molecular formula is C15H9F5N2O2. The van der Waals surface area contributed by atoms with Gasteiger partial charge in [0, 0.05) is 13.1 Å². The van der Waals surface area contributed by atoms with E-state index in [1.807, 2.05) is 0 Å². The summed E-state index contributed by atoms with van der Waals surface area (Å²) in [6.07, 6.45) is 0. The van der Waals surface area contributed by atoms with Gasteiger partial charge in [-0.25, -0.2) is 18.2 Å². The molecule has 0 aliphatic carbocycles. The summed E-state index contributed by atoms with van der Waals surface area (Å²) >= 11 is 0. The molecule has 0 spiro atoms. The fourth-order valence-corrected chi connectivity index (χ4v) is 2.22. The zero-order valence-corrected chi connectivity index (χ0v) is 12.1. The number of ether oxygens (including phenoxy) is 1. The number of aryl methyl sites for hydroxylation is 1. The Morgan fingerprint density at radius 2 is 1.58 bits per heavy atom. The molecule has 1 aromatic heterocycles. The van der Waals surface area contributed by atoms with Crippen LogP contribution in [-0.2, 0) is 13.7 Å². The van der Waals surface area contributed by atoms with Crippen LogP contribution >= 0.6 is 0 Å². The lowest BCUT2D eigenvalue weighted by atomic mass is 10.2. The summed E-state index contributed by atoms with van der Waals surface area (Å²) in [6, 6.07) is 3.99. The molecule has 0 bridgehead atoms. The second-order valence-electron chi connectivity index (χ2n) is 4.90. The van der Waals surface area contributed by atoms with Gasteiger partial charge in [0.15, 0.2) is 0 Å². The van der Waals surface area contributed by atoms with Crippen molar-refractivity contribution >= 4 is 11.0 Å². The molecule has 0 radical (unpaired) electrons. The standard InChI is InChI=1S/C15H9F5N2O2/c1-22-8-4-6(2-3-7(8)21-9(22)5-23)24-15-13(19)11(17)10(16)12(18)14(15)20/h2-4,23H,5H2,1H3. The largest absolute Gasteiger partial charge is 0.451 e. The fourth-order valence-electron chi connectivity index (χ4n) is 2.22. The average Bonchev–Trinajstić information content (AvgIpc) is 2.91. The fraction of sp³-hybridized carbons (Fsp3) is 0.133. The number of aliphatic hydroxyl groups is 1. The van der Waals surface area contributed by atoms with Gasteiger partial charge in [0.1, 0.15) is 18.2 Å². The summed E-state index contributed by atoms with van der Waals surface area (Å²) in [5.41, 5.74) is 0.909. The number of hydrogen-bond acceptors (Lipinski definition) is 3. The van der Waals surface area contributed by atoms with Gasteiger partial charge in [0.2, 0.25) is 34.8 Å². The number of nitrogens with zero attached hydrogens (tertiary/aromatic N) is 2. The number of hydrogen-bond donors (Lipinski definition) is 1. The molecule has 126 valence electrons. The van der Waals surface area contributed by atoms with Gasteiger partial charge in [-0.15, -0.1) is 0 Å². The van der Waals surface area contributed by atoms with E-state index in [-0.39, 0.29) is 12.4 Å². The second kappa shape index (κ2) is 5.75. The highest BCUT2D eigenvalue weighted by Gasteiger charge is 2.27. The monoisotopic (exact) mass is 344 g/mol. The van der Waals surface area contributed by atoms with Crippen LogP contribution in [0.5, 0.6) is 11.5 Å². The first-order valence-electron chi connectivity index (χ1n) is 6.60. The number of fused-ring (bicyclic) bond motifs is 1. The highest BCUT2D eigenvalue weighted by atomic mass is 19.2. The van der Waals surface area contributed by atoms with E-state index in [2.05, 4.69) is 4.98 Å². The Hall–Kier alpha value is -2.68. The van der Waals surface area contributed by atoms with Gasteiger partial charge in [-0.2, -0.15) is 8.78 Å². The molecule has 2 aromatic carbocycles. The van der Waals surface area contributed by atoms with Gasteiger partial charge >= 0.3 is 0 Å². The highest BCUT2D eigenvalue weighted by Crippen LogP contribution is 2.33. The van der Waals surface area contributed by atoms with Crippen LogP contribution in [0, 0.1) is 29.1 Å². The smallest absolute Gasteiger partial charge is 0.207 e. The maximum atomic E-state index is 13.6. The number of imidazole rings is 1. The molecule has 3 aromatic rings. The summed E-state index contributed by atoms with van der Waals surface area (Å²) in [7, 11) is 1.59. The molecule has 24 heavy (non-hydrogen) atoms. The van der Waals surface area contributed by atoms with Crippen molar-refractivity contribution < 1.29 is 31.8 Å². The molecule has 0 atom stereocenters. The lowest BCUT2D eigenvalue weighted by Gasteiger charge is -2.10. The van der Waals surface area contributed by atoms with Crippen molar-refractivity contribution in [1.29, 1.82) is 0 Å². The van der Waals surface area contributed by atoms with Crippen molar-refractivity contribution in [2.45, 2.75) is 6.61 Å². The minimum absolute atomic E-state index is 0.154. The SMILES string of the molecule is Cn1c(CO)nc2ccc(Oc3c(F)c(F)c(F)c(F)c3F)cc21. The molecule has 0 unspecified atom stereocenters. The topological polar surface area (TPSA) is 47.3 Å². The normalized spacial score (nSPS) is 11.3. The third kappa shape index (κ3) is 2.37. The van der Waals surface area contributed by atoms with E-state index in [9.17, 15) is 22.0 Å². The summed E-state index contributed by atoms with van der Waals surface area (Å²) in [5, 5.41) is 9.15. The number of rotatable bonds is 3. The van der Waals surface area contributed by atoms with Crippen molar-refractivity contribution in [3.05, 3.63) is 53.1 Å². The van der Waals surface area contributed by atoms with Crippen LogP contribution < -0.4 is 4.74 Å². The van der Waals surface area contributed by atoms with Crippen LogP contribution in [-0.4, -0.2) is 14.7 Å². The zero-order chi connectivity index (χ0) is 17.6. The molecule has 0 aliphatic heterocycles. The summed E-state index contributed by atoms with van der Waals surface area (Å²) < 4.78 is 73.0. The van der Waals surface area contributed by atoms with E-state index in [4.69, 9.17) is 9.84 Å². The molecule has 9 heteroatoms. The van der Waals surface area contributed by atoms with Gasteiger partial charge in [-0.05, 0) is 12.1 Å². The van der Waals surface area contributed by atoms with Crippen LogP contribution in [0.1, 0.15) is 5.82 Å².